The van der Waals surface area contributed by atoms with Crippen LogP contribution in [0.4, 0.5) is 0 Å². The molecule has 3 unspecified atom stereocenters. The van der Waals surface area contributed by atoms with Crippen molar-refractivity contribution in [3.8, 4) is 0 Å². The lowest BCUT2D eigenvalue weighted by molar-refractivity contribution is -0.0576. The third-order valence-corrected chi connectivity index (χ3v) is 12.6. The Morgan fingerprint density at radius 2 is 1.77 bits per heavy atom. The summed E-state index contributed by atoms with van der Waals surface area (Å²) in [6, 6.07) is 0. The first kappa shape index (κ1) is 22.5. The number of aliphatic hydroxyl groups is 1. The minimum Gasteiger partial charge on any atom is -0.393 e. The summed E-state index contributed by atoms with van der Waals surface area (Å²) in [5.74, 6) is 6.39. The Balaban J connectivity index is 1.30. The van der Waals surface area contributed by atoms with Crippen molar-refractivity contribution in [2.24, 2.45) is 57.7 Å². The Bertz CT molecular complexity index is 722. The van der Waals surface area contributed by atoms with E-state index in [4.69, 9.17) is 0 Å². The third kappa shape index (κ3) is 3.33. The van der Waals surface area contributed by atoms with Crippen LogP contribution in [-0.4, -0.2) is 11.2 Å². The zero-order valence-electron chi connectivity index (χ0n) is 21.4. The maximum Gasteiger partial charge on any atom is 0.0577 e. The van der Waals surface area contributed by atoms with Crippen molar-refractivity contribution in [3.05, 3.63) is 11.6 Å². The van der Waals surface area contributed by atoms with Crippen molar-refractivity contribution in [1.82, 2.24) is 0 Å². The van der Waals surface area contributed by atoms with Crippen LogP contribution in [0.25, 0.3) is 0 Å². The highest BCUT2D eigenvalue weighted by atomic mass is 16.3. The van der Waals surface area contributed by atoms with E-state index in [9.17, 15) is 5.11 Å². The van der Waals surface area contributed by atoms with Gasteiger partial charge in [-0.05, 0) is 128 Å². The average Bonchev–Trinajstić information content (AvgIpc) is 3.25. The summed E-state index contributed by atoms with van der Waals surface area (Å²) in [6.07, 6.45) is 17.3. The molecular formula is C30H50O. The van der Waals surface area contributed by atoms with Gasteiger partial charge in [-0.1, -0.05) is 53.2 Å². The Hall–Kier alpha value is -0.300. The van der Waals surface area contributed by atoms with Crippen LogP contribution in [-0.2, 0) is 0 Å². The average molecular weight is 427 g/mol. The molecule has 1 N–H and O–H groups in total. The van der Waals surface area contributed by atoms with Crippen LogP contribution in [0, 0.1) is 57.7 Å². The van der Waals surface area contributed by atoms with Crippen LogP contribution >= 0.6 is 0 Å². The molecule has 0 aromatic rings. The highest BCUT2D eigenvalue weighted by Gasteiger charge is 2.59. The SMILES string of the molecule is CC(C)[C@]1(CC[C@@H](C)[C@H]2CCC3C4CC=C5C[C@@H](O)CC[C@]5(C)C4CC[C@@]32C)C[C@H]1C. The Morgan fingerprint density at radius 3 is 2.45 bits per heavy atom. The number of rotatable bonds is 5. The summed E-state index contributed by atoms with van der Waals surface area (Å²) in [5, 5.41) is 10.3. The molecule has 5 aliphatic carbocycles. The van der Waals surface area contributed by atoms with Gasteiger partial charge in [-0.3, -0.25) is 0 Å². The molecule has 0 heterocycles. The van der Waals surface area contributed by atoms with Crippen molar-refractivity contribution in [2.45, 2.75) is 118 Å². The van der Waals surface area contributed by atoms with E-state index in [1.54, 1.807) is 5.57 Å². The van der Waals surface area contributed by atoms with E-state index in [-0.39, 0.29) is 6.10 Å². The van der Waals surface area contributed by atoms with Gasteiger partial charge in [0, 0.05) is 0 Å². The quantitative estimate of drug-likeness (QED) is 0.441. The molecule has 0 aromatic heterocycles. The summed E-state index contributed by atoms with van der Waals surface area (Å²) >= 11 is 0. The highest BCUT2D eigenvalue weighted by molar-refractivity contribution is 5.25. The fourth-order valence-electron chi connectivity index (χ4n) is 10.3. The van der Waals surface area contributed by atoms with Gasteiger partial charge in [0.05, 0.1) is 6.10 Å². The predicted octanol–water partition coefficient (Wildman–Crippen LogP) is 8.02. The molecule has 0 spiro atoms. The maximum absolute atomic E-state index is 10.3. The molecule has 0 aliphatic heterocycles. The lowest BCUT2D eigenvalue weighted by Gasteiger charge is -2.58. The van der Waals surface area contributed by atoms with Gasteiger partial charge >= 0.3 is 0 Å². The van der Waals surface area contributed by atoms with E-state index in [2.05, 4.69) is 47.6 Å². The summed E-state index contributed by atoms with van der Waals surface area (Å²) < 4.78 is 0. The molecular weight excluding hydrogens is 376 g/mol. The van der Waals surface area contributed by atoms with E-state index in [1.165, 1.54) is 57.8 Å². The van der Waals surface area contributed by atoms with E-state index in [0.717, 1.165) is 54.3 Å². The summed E-state index contributed by atoms with van der Waals surface area (Å²) in [7, 11) is 0. The second kappa shape index (κ2) is 7.61. The van der Waals surface area contributed by atoms with Gasteiger partial charge in [0.25, 0.3) is 0 Å². The first-order valence-corrected chi connectivity index (χ1v) is 14.0. The van der Waals surface area contributed by atoms with Crippen LogP contribution in [0.5, 0.6) is 0 Å². The molecule has 0 radical (unpaired) electrons. The minimum atomic E-state index is -0.0789. The van der Waals surface area contributed by atoms with E-state index < -0.39 is 0 Å². The van der Waals surface area contributed by atoms with E-state index in [0.29, 0.717) is 16.2 Å². The van der Waals surface area contributed by atoms with Gasteiger partial charge < -0.3 is 5.11 Å². The third-order valence-electron chi connectivity index (χ3n) is 12.6. The molecule has 4 saturated carbocycles. The van der Waals surface area contributed by atoms with Crippen LogP contribution in [0.3, 0.4) is 0 Å². The molecule has 5 aliphatic rings. The van der Waals surface area contributed by atoms with Crippen LogP contribution < -0.4 is 0 Å². The Labute approximate surface area is 192 Å². The minimum absolute atomic E-state index is 0.0789. The van der Waals surface area contributed by atoms with E-state index >= 15 is 0 Å². The zero-order chi connectivity index (χ0) is 22.2. The lowest BCUT2D eigenvalue weighted by atomic mass is 9.47. The molecule has 176 valence electrons. The monoisotopic (exact) mass is 426 g/mol. The molecule has 0 amide bonds. The number of hydrogen-bond acceptors (Lipinski definition) is 1. The van der Waals surface area contributed by atoms with Gasteiger partial charge in [0.1, 0.15) is 0 Å². The molecule has 1 nitrogen and oxygen atoms in total. The van der Waals surface area contributed by atoms with Gasteiger partial charge in [0.15, 0.2) is 0 Å². The summed E-state index contributed by atoms with van der Waals surface area (Å²) in [6.45, 7) is 15.3. The van der Waals surface area contributed by atoms with E-state index in [1.807, 2.05) is 0 Å². The largest absolute Gasteiger partial charge is 0.393 e. The summed E-state index contributed by atoms with van der Waals surface area (Å²) in [5.41, 5.74) is 3.27. The normalized spacial score (nSPS) is 52.2. The molecule has 4 fully saturated rings. The maximum atomic E-state index is 10.3. The van der Waals surface area contributed by atoms with Crippen LogP contribution in [0.2, 0.25) is 0 Å². The van der Waals surface area contributed by atoms with Crippen molar-refractivity contribution in [1.29, 1.82) is 0 Å². The van der Waals surface area contributed by atoms with Crippen molar-refractivity contribution in [2.75, 3.05) is 0 Å². The molecule has 0 bridgehead atoms. The number of fused-ring (bicyclic) bond motifs is 5. The predicted molar refractivity (Wildman–Crippen MR) is 131 cm³/mol. The molecule has 0 saturated heterocycles. The van der Waals surface area contributed by atoms with Crippen molar-refractivity contribution < 1.29 is 5.11 Å². The molecule has 5 rings (SSSR count). The fraction of sp³-hybridized carbons (Fsp3) is 0.933. The van der Waals surface area contributed by atoms with Crippen molar-refractivity contribution >= 4 is 0 Å². The molecule has 1 heteroatoms. The second-order valence-electron chi connectivity index (χ2n) is 13.9. The Kier molecular flexibility index (Phi) is 5.52. The molecule has 31 heavy (non-hydrogen) atoms. The van der Waals surface area contributed by atoms with Crippen LogP contribution in [0.15, 0.2) is 11.6 Å². The van der Waals surface area contributed by atoms with Gasteiger partial charge in [-0.25, -0.2) is 0 Å². The number of aliphatic hydroxyl groups excluding tert-OH is 1. The number of allylic oxidation sites excluding steroid dienone is 1. The first-order valence-electron chi connectivity index (χ1n) is 14.0. The molecule has 0 aromatic carbocycles. The first-order chi connectivity index (χ1) is 14.6. The number of hydrogen-bond donors (Lipinski definition) is 1. The highest BCUT2D eigenvalue weighted by Crippen LogP contribution is 2.68. The smallest absolute Gasteiger partial charge is 0.0577 e. The fourth-order valence-corrected chi connectivity index (χ4v) is 10.3. The lowest BCUT2D eigenvalue weighted by Crippen LogP contribution is -2.50. The summed E-state index contributed by atoms with van der Waals surface area (Å²) in [4.78, 5) is 0. The van der Waals surface area contributed by atoms with Gasteiger partial charge in [-0.2, -0.15) is 0 Å². The van der Waals surface area contributed by atoms with Crippen molar-refractivity contribution in [3.63, 3.8) is 0 Å². The Morgan fingerprint density at radius 1 is 1.03 bits per heavy atom. The molecule has 10 atom stereocenters. The standard InChI is InChI=1S/C30H50O/c1-19(2)30(18-21(30)4)16-11-20(3)25-9-10-26-24-8-7-22-17-23(31)12-14-28(22,5)27(24)13-15-29(25,26)6/h7,19-21,23-27,31H,8-18H2,1-6H3/t20-,21-,23+,24?,25-,26?,27?,28+,29-,30+/m1/s1. The zero-order valence-corrected chi connectivity index (χ0v) is 21.4. The van der Waals surface area contributed by atoms with Gasteiger partial charge in [-0.15, -0.1) is 0 Å². The topological polar surface area (TPSA) is 20.2 Å². The second-order valence-corrected chi connectivity index (χ2v) is 13.9. The van der Waals surface area contributed by atoms with Gasteiger partial charge in [0.2, 0.25) is 0 Å². The van der Waals surface area contributed by atoms with Crippen LogP contribution in [0.1, 0.15) is 112 Å².